The van der Waals surface area contributed by atoms with Gasteiger partial charge in [0.05, 0.1) is 5.71 Å². The van der Waals surface area contributed by atoms with E-state index in [4.69, 9.17) is 4.74 Å². The monoisotopic (exact) mass is 403 g/mol. The van der Waals surface area contributed by atoms with Crippen molar-refractivity contribution in [1.82, 2.24) is 0 Å². The number of hydrogen-bond donors (Lipinski definition) is 0. The number of aliphatic imine (C=N–C) groups is 1. The Balaban J connectivity index is 1.42. The van der Waals surface area contributed by atoms with E-state index in [0.29, 0.717) is 5.71 Å². The second-order valence-electron chi connectivity index (χ2n) is 7.50. The number of amides is 1. The molecule has 150 valence electrons. The molecule has 0 saturated carbocycles. The average molecular weight is 403 g/mol. The Morgan fingerprint density at radius 3 is 1.61 bits per heavy atom. The van der Waals surface area contributed by atoms with Gasteiger partial charge in [-0.2, -0.15) is 4.99 Å². The predicted molar refractivity (Wildman–Crippen MR) is 124 cm³/mol. The van der Waals surface area contributed by atoms with Crippen molar-refractivity contribution in [2.75, 3.05) is 6.61 Å². The molecule has 1 aliphatic rings. The summed E-state index contributed by atoms with van der Waals surface area (Å²) < 4.78 is 5.69. The molecule has 0 saturated heterocycles. The highest BCUT2D eigenvalue weighted by molar-refractivity contribution is 6.16. The van der Waals surface area contributed by atoms with Crippen LogP contribution in [-0.4, -0.2) is 18.4 Å². The molecule has 0 atom stereocenters. The van der Waals surface area contributed by atoms with Gasteiger partial charge >= 0.3 is 6.09 Å². The molecular formula is C28H21NO2. The van der Waals surface area contributed by atoms with Crippen LogP contribution in [0.5, 0.6) is 0 Å². The second-order valence-corrected chi connectivity index (χ2v) is 7.50. The van der Waals surface area contributed by atoms with Crippen LogP contribution in [0, 0.1) is 0 Å². The van der Waals surface area contributed by atoms with Gasteiger partial charge in [-0.15, -0.1) is 0 Å². The summed E-state index contributed by atoms with van der Waals surface area (Å²) in [6.45, 7) is 0.257. The molecule has 0 spiro atoms. The highest BCUT2D eigenvalue weighted by Gasteiger charge is 2.29. The molecule has 4 aromatic rings. The molecule has 1 aliphatic carbocycles. The van der Waals surface area contributed by atoms with E-state index in [1.165, 1.54) is 22.3 Å². The zero-order valence-corrected chi connectivity index (χ0v) is 16.9. The average Bonchev–Trinajstić information content (AvgIpc) is 3.16. The summed E-state index contributed by atoms with van der Waals surface area (Å²) in [5.74, 6) is 0.0171. The van der Waals surface area contributed by atoms with E-state index >= 15 is 0 Å². The standard InChI is InChI=1S/C28H21NO2/c30-28(29-27(20-11-3-1-4-12-20)21-13-5-2-6-14-21)31-19-26-24-17-9-7-15-22(24)23-16-8-10-18-25(23)26/h1-18,26H,19H2. The van der Waals surface area contributed by atoms with Gasteiger partial charge in [-0.1, -0.05) is 109 Å². The van der Waals surface area contributed by atoms with E-state index in [1.54, 1.807) is 0 Å². The minimum Gasteiger partial charge on any atom is -0.447 e. The number of rotatable bonds is 4. The lowest BCUT2D eigenvalue weighted by Crippen LogP contribution is -2.13. The van der Waals surface area contributed by atoms with E-state index in [0.717, 1.165) is 11.1 Å². The van der Waals surface area contributed by atoms with Gasteiger partial charge in [0.15, 0.2) is 0 Å². The first-order valence-corrected chi connectivity index (χ1v) is 10.4. The molecule has 1 amide bonds. The third-order valence-corrected chi connectivity index (χ3v) is 5.63. The molecule has 3 heteroatoms. The predicted octanol–water partition coefficient (Wildman–Crippen LogP) is 6.47. The van der Waals surface area contributed by atoms with Crippen molar-refractivity contribution in [2.45, 2.75) is 5.92 Å². The molecule has 0 heterocycles. The van der Waals surface area contributed by atoms with Crippen molar-refractivity contribution >= 4 is 11.8 Å². The first-order chi connectivity index (χ1) is 15.3. The number of benzene rings is 4. The van der Waals surface area contributed by atoms with Crippen LogP contribution in [0.25, 0.3) is 11.1 Å². The molecule has 5 rings (SSSR count). The van der Waals surface area contributed by atoms with Crippen LogP contribution in [0.4, 0.5) is 4.79 Å². The van der Waals surface area contributed by atoms with E-state index in [-0.39, 0.29) is 12.5 Å². The summed E-state index contributed by atoms with van der Waals surface area (Å²) in [7, 11) is 0. The van der Waals surface area contributed by atoms with Crippen LogP contribution < -0.4 is 0 Å². The highest BCUT2D eigenvalue weighted by atomic mass is 16.5. The Morgan fingerprint density at radius 2 is 1.10 bits per heavy atom. The Hall–Kier alpha value is -3.98. The Morgan fingerprint density at radius 1 is 0.645 bits per heavy atom. The van der Waals surface area contributed by atoms with Gasteiger partial charge in [-0.25, -0.2) is 4.79 Å². The fourth-order valence-corrected chi connectivity index (χ4v) is 4.21. The van der Waals surface area contributed by atoms with E-state index in [9.17, 15) is 4.79 Å². The van der Waals surface area contributed by atoms with E-state index in [1.807, 2.05) is 84.9 Å². The first kappa shape index (κ1) is 19.0. The third kappa shape index (κ3) is 3.78. The lowest BCUT2D eigenvalue weighted by atomic mass is 9.98. The molecular weight excluding hydrogens is 382 g/mol. The van der Waals surface area contributed by atoms with Crippen molar-refractivity contribution in [3.63, 3.8) is 0 Å². The third-order valence-electron chi connectivity index (χ3n) is 5.63. The lowest BCUT2D eigenvalue weighted by molar-refractivity contribution is 0.154. The minimum atomic E-state index is -0.579. The number of fused-ring (bicyclic) bond motifs is 3. The van der Waals surface area contributed by atoms with Crippen molar-refractivity contribution in [1.29, 1.82) is 0 Å². The smallest absolute Gasteiger partial charge is 0.434 e. The zero-order chi connectivity index (χ0) is 21.0. The van der Waals surface area contributed by atoms with Crippen LogP contribution in [0.3, 0.4) is 0 Å². The molecule has 0 bridgehead atoms. The Kier molecular flexibility index (Phi) is 5.16. The van der Waals surface area contributed by atoms with Gasteiger partial charge in [-0.3, -0.25) is 0 Å². The van der Waals surface area contributed by atoms with Crippen LogP contribution in [0.1, 0.15) is 28.2 Å². The molecule has 0 fully saturated rings. The number of ether oxygens (including phenoxy) is 1. The van der Waals surface area contributed by atoms with Crippen molar-refractivity contribution in [3.8, 4) is 11.1 Å². The van der Waals surface area contributed by atoms with Crippen LogP contribution in [0.2, 0.25) is 0 Å². The quantitative estimate of drug-likeness (QED) is 0.366. The summed E-state index contributed by atoms with van der Waals surface area (Å²) in [4.78, 5) is 17.1. The van der Waals surface area contributed by atoms with E-state index in [2.05, 4.69) is 29.3 Å². The number of carbonyl (C=O) groups excluding carboxylic acids is 1. The van der Waals surface area contributed by atoms with Crippen LogP contribution in [-0.2, 0) is 4.74 Å². The maximum absolute atomic E-state index is 12.8. The summed E-state index contributed by atoms with van der Waals surface area (Å²) in [6, 6.07) is 36.0. The SMILES string of the molecule is O=C(N=C(c1ccccc1)c1ccccc1)OCC1c2ccccc2-c2ccccc21. The maximum atomic E-state index is 12.8. The van der Waals surface area contributed by atoms with Crippen molar-refractivity contribution < 1.29 is 9.53 Å². The van der Waals surface area contributed by atoms with Crippen molar-refractivity contribution in [3.05, 3.63) is 131 Å². The topological polar surface area (TPSA) is 38.7 Å². The van der Waals surface area contributed by atoms with Gasteiger partial charge < -0.3 is 4.74 Å². The summed E-state index contributed by atoms with van der Waals surface area (Å²) >= 11 is 0. The van der Waals surface area contributed by atoms with Gasteiger partial charge in [0.25, 0.3) is 0 Å². The van der Waals surface area contributed by atoms with Crippen LogP contribution >= 0.6 is 0 Å². The second kappa shape index (κ2) is 8.41. The molecule has 0 aromatic heterocycles. The largest absolute Gasteiger partial charge is 0.447 e. The van der Waals surface area contributed by atoms with Gasteiger partial charge in [0.2, 0.25) is 0 Å². The van der Waals surface area contributed by atoms with E-state index < -0.39 is 6.09 Å². The number of nitrogens with zero attached hydrogens (tertiary/aromatic N) is 1. The first-order valence-electron chi connectivity index (χ1n) is 10.4. The zero-order valence-electron chi connectivity index (χ0n) is 16.9. The summed E-state index contributed by atoms with van der Waals surface area (Å²) in [5, 5.41) is 0. The summed E-state index contributed by atoms with van der Waals surface area (Å²) in [6.07, 6.45) is -0.579. The number of carbonyl (C=O) groups is 1. The molecule has 0 unspecified atom stereocenters. The number of hydrogen-bond acceptors (Lipinski definition) is 2. The minimum absolute atomic E-state index is 0.0171. The fourth-order valence-electron chi connectivity index (χ4n) is 4.21. The van der Waals surface area contributed by atoms with Crippen LogP contribution in [0.15, 0.2) is 114 Å². The molecule has 31 heavy (non-hydrogen) atoms. The maximum Gasteiger partial charge on any atom is 0.434 e. The molecule has 0 aliphatic heterocycles. The Bertz CT molecular complexity index is 1160. The highest BCUT2D eigenvalue weighted by Crippen LogP contribution is 2.44. The van der Waals surface area contributed by atoms with Gasteiger partial charge in [0, 0.05) is 17.0 Å². The fraction of sp³-hybridized carbons (Fsp3) is 0.0714. The molecule has 3 nitrogen and oxygen atoms in total. The molecule has 0 radical (unpaired) electrons. The van der Waals surface area contributed by atoms with Gasteiger partial charge in [-0.05, 0) is 22.3 Å². The Labute approximate surface area is 181 Å². The molecule has 4 aromatic carbocycles. The molecule has 0 N–H and O–H groups in total. The lowest BCUT2D eigenvalue weighted by Gasteiger charge is -2.13. The van der Waals surface area contributed by atoms with Gasteiger partial charge in [0.1, 0.15) is 6.61 Å². The normalized spacial score (nSPS) is 12.0. The summed E-state index contributed by atoms with van der Waals surface area (Å²) in [5.41, 5.74) is 7.15. The van der Waals surface area contributed by atoms with Crippen molar-refractivity contribution in [2.24, 2.45) is 4.99 Å².